The Balaban J connectivity index is 2.62. The molecule has 6 nitrogen and oxygen atoms in total. The van der Waals surface area contributed by atoms with Gasteiger partial charge in [0.15, 0.2) is 5.69 Å². The summed E-state index contributed by atoms with van der Waals surface area (Å²) < 4.78 is 40.5. The van der Waals surface area contributed by atoms with Crippen LogP contribution in [0.5, 0.6) is 0 Å². The van der Waals surface area contributed by atoms with Gasteiger partial charge in [0.1, 0.15) is 5.69 Å². The molecule has 2 N–H and O–H groups in total. The number of aromatic nitrogens is 4. The monoisotopic (exact) mass is 314 g/mol. The molecule has 0 saturated carbocycles. The third-order valence-electron chi connectivity index (χ3n) is 2.97. The molecule has 0 fully saturated rings. The SMILES string of the molecule is CN(C)Cc1cc(CN)nnc1-c1cn(C)nc1C(F)(F)F. The standard InChI is InChI=1S/C13H17F3N6/c1-21(2)6-8-4-9(5-17)18-19-11(8)10-7-22(3)20-12(10)13(14,15)16/h4,7H,5-6,17H2,1-3H3. The molecule has 2 aromatic rings. The van der Waals surface area contributed by atoms with Gasteiger partial charge in [0.05, 0.1) is 11.3 Å². The first-order valence-corrected chi connectivity index (χ1v) is 6.54. The van der Waals surface area contributed by atoms with Crippen LogP contribution in [0.3, 0.4) is 0 Å². The molecule has 0 aliphatic heterocycles. The molecule has 0 amide bonds. The summed E-state index contributed by atoms with van der Waals surface area (Å²) in [5.74, 6) is 0. The highest BCUT2D eigenvalue weighted by Crippen LogP contribution is 2.36. The maximum Gasteiger partial charge on any atom is 0.435 e. The minimum Gasteiger partial charge on any atom is -0.325 e. The Kier molecular flexibility index (Phi) is 4.47. The van der Waals surface area contributed by atoms with Crippen LogP contribution in [0.25, 0.3) is 11.3 Å². The van der Waals surface area contributed by atoms with Crippen LogP contribution in [0.15, 0.2) is 12.3 Å². The minimum absolute atomic E-state index is 0.0806. The smallest absolute Gasteiger partial charge is 0.325 e. The van der Waals surface area contributed by atoms with Crippen molar-refractivity contribution >= 4 is 0 Å². The number of aryl methyl sites for hydroxylation is 1. The van der Waals surface area contributed by atoms with Gasteiger partial charge in [-0.3, -0.25) is 4.68 Å². The molecule has 2 rings (SSSR count). The van der Waals surface area contributed by atoms with Crippen molar-refractivity contribution < 1.29 is 13.2 Å². The summed E-state index contributed by atoms with van der Waals surface area (Å²) in [7, 11) is 5.08. The van der Waals surface area contributed by atoms with Crippen molar-refractivity contribution in [3.63, 3.8) is 0 Å². The minimum atomic E-state index is -4.56. The molecule has 0 saturated heterocycles. The van der Waals surface area contributed by atoms with Crippen LogP contribution in [-0.4, -0.2) is 39.0 Å². The Morgan fingerprint density at radius 3 is 2.50 bits per heavy atom. The molecule has 0 unspecified atom stereocenters. The molecular weight excluding hydrogens is 297 g/mol. The summed E-state index contributed by atoms with van der Waals surface area (Å²) in [5, 5.41) is 11.3. The third-order valence-corrected chi connectivity index (χ3v) is 2.97. The maximum absolute atomic E-state index is 13.1. The summed E-state index contributed by atoms with van der Waals surface area (Å²) >= 11 is 0. The molecule has 0 spiro atoms. The van der Waals surface area contributed by atoms with Gasteiger partial charge in [0.25, 0.3) is 0 Å². The topological polar surface area (TPSA) is 72.9 Å². The molecule has 22 heavy (non-hydrogen) atoms. The van der Waals surface area contributed by atoms with Gasteiger partial charge in [-0.2, -0.15) is 23.4 Å². The highest BCUT2D eigenvalue weighted by atomic mass is 19.4. The van der Waals surface area contributed by atoms with E-state index in [4.69, 9.17) is 5.73 Å². The molecule has 9 heteroatoms. The fourth-order valence-corrected chi connectivity index (χ4v) is 2.14. The van der Waals surface area contributed by atoms with Crippen molar-refractivity contribution in [3.8, 4) is 11.3 Å². The van der Waals surface area contributed by atoms with Gasteiger partial charge in [-0.25, -0.2) is 0 Å². The van der Waals surface area contributed by atoms with E-state index in [0.29, 0.717) is 17.8 Å². The summed E-state index contributed by atoms with van der Waals surface area (Å²) in [6.07, 6.45) is -3.26. The number of hydrogen-bond donors (Lipinski definition) is 1. The Hall–Kier alpha value is -2.00. The van der Waals surface area contributed by atoms with E-state index in [1.54, 1.807) is 6.07 Å². The Morgan fingerprint density at radius 1 is 1.27 bits per heavy atom. The molecule has 0 aromatic carbocycles. The van der Waals surface area contributed by atoms with Gasteiger partial charge >= 0.3 is 6.18 Å². The van der Waals surface area contributed by atoms with Crippen LogP contribution in [0.4, 0.5) is 13.2 Å². The molecule has 0 radical (unpaired) electrons. The van der Waals surface area contributed by atoms with Crippen molar-refractivity contribution in [3.05, 3.63) is 29.2 Å². The van der Waals surface area contributed by atoms with Gasteiger partial charge < -0.3 is 10.6 Å². The van der Waals surface area contributed by atoms with Crippen LogP contribution < -0.4 is 5.73 Å². The normalized spacial score (nSPS) is 12.2. The van der Waals surface area contributed by atoms with Crippen LogP contribution >= 0.6 is 0 Å². The van der Waals surface area contributed by atoms with E-state index >= 15 is 0 Å². The lowest BCUT2D eigenvalue weighted by Gasteiger charge is -2.14. The Morgan fingerprint density at radius 2 is 1.95 bits per heavy atom. The van der Waals surface area contributed by atoms with E-state index in [0.717, 1.165) is 4.68 Å². The van der Waals surface area contributed by atoms with E-state index in [2.05, 4.69) is 15.3 Å². The second-order valence-electron chi connectivity index (χ2n) is 5.21. The zero-order valence-electron chi connectivity index (χ0n) is 12.5. The van der Waals surface area contributed by atoms with Gasteiger partial charge in [-0.15, -0.1) is 5.10 Å². The second kappa shape index (κ2) is 6.01. The summed E-state index contributed by atoms with van der Waals surface area (Å²) in [6.45, 7) is 0.594. The first-order valence-electron chi connectivity index (χ1n) is 6.54. The number of halogens is 3. The molecule has 2 heterocycles. The van der Waals surface area contributed by atoms with Crippen molar-refractivity contribution in [2.45, 2.75) is 19.3 Å². The second-order valence-corrected chi connectivity index (χ2v) is 5.21. The molecule has 0 atom stereocenters. The Labute approximate surface area is 125 Å². The van der Waals surface area contributed by atoms with Gasteiger partial charge in [0, 0.05) is 26.3 Å². The van der Waals surface area contributed by atoms with E-state index in [1.807, 2.05) is 19.0 Å². The lowest BCUT2D eigenvalue weighted by molar-refractivity contribution is -0.141. The van der Waals surface area contributed by atoms with Gasteiger partial charge in [0.2, 0.25) is 0 Å². The highest BCUT2D eigenvalue weighted by molar-refractivity contribution is 5.65. The fraction of sp³-hybridized carbons (Fsp3) is 0.462. The van der Waals surface area contributed by atoms with Crippen LogP contribution in [0.2, 0.25) is 0 Å². The largest absolute Gasteiger partial charge is 0.435 e. The van der Waals surface area contributed by atoms with Crippen LogP contribution in [-0.2, 0) is 26.3 Å². The third kappa shape index (κ3) is 3.42. The lowest BCUT2D eigenvalue weighted by atomic mass is 10.1. The molecule has 0 bridgehead atoms. The summed E-state index contributed by atoms with van der Waals surface area (Å²) in [6, 6.07) is 1.68. The van der Waals surface area contributed by atoms with E-state index in [9.17, 15) is 13.2 Å². The predicted molar refractivity (Wildman–Crippen MR) is 74.5 cm³/mol. The average molecular weight is 314 g/mol. The number of alkyl halides is 3. The summed E-state index contributed by atoms with van der Waals surface area (Å²) in [5.41, 5.74) is 5.80. The quantitative estimate of drug-likeness (QED) is 0.924. The number of nitrogens with zero attached hydrogens (tertiary/aromatic N) is 5. The predicted octanol–water partition coefficient (Wildman–Crippen LogP) is 1.42. The number of nitrogens with two attached hydrogens (primary N) is 1. The molecule has 0 aliphatic rings. The first kappa shape index (κ1) is 16.4. The molecule has 120 valence electrons. The zero-order chi connectivity index (χ0) is 16.5. The molecule has 2 aromatic heterocycles. The number of rotatable bonds is 4. The van der Waals surface area contributed by atoms with Gasteiger partial charge in [-0.05, 0) is 25.7 Å². The van der Waals surface area contributed by atoms with E-state index in [-0.39, 0.29) is 17.8 Å². The molecule has 0 aliphatic carbocycles. The van der Waals surface area contributed by atoms with Crippen LogP contribution in [0.1, 0.15) is 17.0 Å². The van der Waals surface area contributed by atoms with Crippen molar-refractivity contribution in [1.29, 1.82) is 0 Å². The molecular formula is C13H17F3N6. The number of hydrogen-bond acceptors (Lipinski definition) is 5. The average Bonchev–Trinajstić information content (AvgIpc) is 2.80. The fourth-order valence-electron chi connectivity index (χ4n) is 2.14. The van der Waals surface area contributed by atoms with Crippen molar-refractivity contribution in [2.75, 3.05) is 14.1 Å². The van der Waals surface area contributed by atoms with Crippen molar-refractivity contribution in [1.82, 2.24) is 24.9 Å². The maximum atomic E-state index is 13.1. The first-order chi connectivity index (χ1) is 10.2. The van der Waals surface area contributed by atoms with E-state index in [1.165, 1.54) is 13.2 Å². The van der Waals surface area contributed by atoms with Crippen LogP contribution in [0, 0.1) is 0 Å². The lowest BCUT2D eigenvalue weighted by Crippen LogP contribution is -2.15. The van der Waals surface area contributed by atoms with E-state index < -0.39 is 11.9 Å². The van der Waals surface area contributed by atoms with Gasteiger partial charge in [-0.1, -0.05) is 0 Å². The Bertz CT molecular complexity index is 662. The highest BCUT2D eigenvalue weighted by Gasteiger charge is 2.38. The van der Waals surface area contributed by atoms with Crippen molar-refractivity contribution in [2.24, 2.45) is 12.8 Å². The zero-order valence-corrected chi connectivity index (χ0v) is 12.5. The summed E-state index contributed by atoms with van der Waals surface area (Å²) in [4.78, 5) is 1.84.